The number of hydrogen-bond acceptors (Lipinski definition) is 4. The Bertz CT molecular complexity index is 304. The summed E-state index contributed by atoms with van der Waals surface area (Å²) < 4.78 is 0. The molecular weight excluding hydrogens is 218 g/mol. The van der Waals surface area contributed by atoms with Gasteiger partial charge in [-0.05, 0) is 31.7 Å². The standard InChI is InChI=1S/C12H21N3S/c1-10(11-14-6-7-16-11)15-9-12(8-13)4-2-3-5-12/h6-7,10,15H,2-5,8-9,13H2,1H3. The van der Waals surface area contributed by atoms with Gasteiger partial charge in [0, 0.05) is 18.1 Å². The molecule has 90 valence electrons. The molecule has 1 aromatic heterocycles. The van der Waals surface area contributed by atoms with Gasteiger partial charge in [-0.15, -0.1) is 11.3 Å². The van der Waals surface area contributed by atoms with Gasteiger partial charge >= 0.3 is 0 Å². The van der Waals surface area contributed by atoms with E-state index in [1.807, 2.05) is 11.6 Å². The van der Waals surface area contributed by atoms with E-state index in [2.05, 4.69) is 17.2 Å². The SMILES string of the molecule is CC(NCC1(CN)CCCC1)c1nccs1. The normalized spacial score (nSPS) is 21.1. The van der Waals surface area contributed by atoms with E-state index in [1.54, 1.807) is 11.3 Å². The number of thiazole rings is 1. The number of nitrogens with one attached hydrogen (secondary N) is 1. The zero-order valence-electron chi connectivity index (χ0n) is 9.91. The lowest BCUT2D eigenvalue weighted by atomic mass is 9.86. The minimum atomic E-state index is 0.351. The fourth-order valence-electron chi connectivity index (χ4n) is 2.48. The van der Waals surface area contributed by atoms with Crippen molar-refractivity contribution in [2.24, 2.45) is 11.1 Å². The molecule has 0 aliphatic heterocycles. The largest absolute Gasteiger partial charge is 0.330 e. The molecule has 0 spiro atoms. The Kier molecular flexibility index (Phi) is 3.95. The van der Waals surface area contributed by atoms with Crippen molar-refractivity contribution < 1.29 is 0 Å². The fraction of sp³-hybridized carbons (Fsp3) is 0.750. The third kappa shape index (κ3) is 2.62. The summed E-state index contributed by atoms with van der Waals surface area (Å²) in [6, 6.07) is 0.351. The summed E-state index contributed by atoms with van der Waals surface area (Å²) in [6.45, 7) is 4.02. The molecule has 1 heterocycles. The maximum atomic E-state index is 5.92. The highest BCUT2D eigenvalue weighted by Crippen LogP contribution is 2.36. The van der Waals surface area contributed by atoms with Crippen LogP contribution in [0, 0.1) is 5.41 Å². The number of nitrogens with two attached hydrogens (primary N) is 1. The highest BCUT2D eigenvalue weighted by atomic mass is 32.1. The van der Waals surface area contributed by atoms with Crippen molar-refractivity contribution in [2.75, 3.05) is 13.1 Å². The smallest absolute Gasteiger partial charge is 0.109 e. The van der Waals surface area contributed by atoms with Gasteiger partial charge in [0.25, 0.3) is 0 Å². The predicted molar refractivity (Wildman–Crippen MR) is 68.5 cm³/mol. The highest BCUT2D eigenvalue weighted by Gasteiger charge is 2.32. The van der Waals surface area contributed by atoms with Crippen LogP contribution in [0.25, 0.3) is 0 Å². The molecule has 1 fully saturated rings. The number of hydrogen-bond donors (Lipinski definition) is 2. The maximum Gasteiger partial charge on any atom is 0.109 e. The molecule has 1 saturated carbocycles. The molecule has 3 nitrogen and oxygen atoms in total. The Morgan fingerprint density at radius 3 is 2.88 bits per heavy atom. The molecule has 1 aliphatic carbocycles. The maximum absolute atomic E-state index is 5.92. The third-order valence-corrected chi connectivity index (χ3v) is 4.66. The molecule has 0 saturated heterocycles. The number of aromatic nitrogens is 1. The van der Waals surface area contributed by atoms with Crippen LogP contribution in [0.3, 0.4) is 0 Å². The summed E-state index contributed by atoms with van der Waals surface area (Å²) >= 11 is 1.72. The molecule has 4 heteroatoms. The van der Waals surface area contributed by atoms with Gasteiger partial charge in [-0.2, -0.15) is 0 Å². The second kappa shape index (κ2) is 5.25. The molecule has 1 atom stereocenters. The van der Waals surface area contributed by atoms with Crippen LogP contribution in [0.4, 0.5) is 0 Å². The minimum absolute atomic E-state index is 0.351. The number of rotatable bonds is 5. The third-order valence-electron chi connectivity index (χ3n) is 3.70. The van der Waals surface area contributed by atoms with E-state index in [4.69, 9.17) is 5.73 Å². The molecule has 0 amide bonds. The van der Waals surface area contributed by atoms with E-state index < -0.39 is 0 Å². The monoisotopic (exact) mass is 239 g/mol. The van der Waals surface area contributed by atoms with Gasteiger partial charge in [-0.1, -0.05) is 12.8 Å². The lowest BCUT2D eigenvalue weighted by Crippen LogP contribution is -2.39. The van der Waals surface area contributed by atoms with E-state index in [0.29, 0.717) is 11.5 Å². The van der Waals surface area contributed by atoms with Gasteiger partial charge in [-0.25, -0.2) is 4.98 Å². The first-order chi connectivity index (χ1) is 7.76. The molecule has 2 rings (SSSR count). The second-order valence-electron chi connectivity index (χ2n) is 4.88. The van der Waals surface area contributed by atoms with E-state index in [-0.39, 0.29) is 0 Å². The van der Waals surface area contributed by atoms with Crippen molar-refractivity contribution in [2.45, 2.75) is 38.6 Å². The van der Waals surface area contributed by atoms with Crippen molar-refractivity contribution in [3.8, 4) is 0 Å². The van der Waals surface area contributed by atoms with Crippen LogP contribution < -0.4 is 11.1 Å². The van der Waals surface area contributed by atoms with Crippen LogP contribution in [0.2, 0.25) is 0 Å². The van der Waals surface area contributed by atoms with E-state index in [0.717, 1.165) is 13.1 Å². The van der Waals surface area contributed by atoms with Crippen molar-refractivity contribution >= 4 is 11.3 Å². The lowest BCUT2D eigenvalue weighted by Gasteiger charge is -2.29. The topological polar surface area (TPSA) is 50.9 Å². The zero-order chi connectivity index (χ0) is 11.4. The Hall–Kier alpha value is -0.450. The minimum Gasteiger partial charge on any atom is -0.330 e. The number of nitrogens with zero attached hydrogens (tertiary/aromatic N) is 1. The average molecular weight is 239 g/mol. The summed E-state index contributed by atoms with van der Waals surface area (Å²) in [7, 11) is 0. The molecule has 1 aromatic rings. The summed E-state index contributed by atoms with van der Waals surface area (Å²) in [6.07, 6.45) is 7.10. The van der Waals surface area contributed by atoms with Gasteiger partial charge in [-0.3, -0.25) is 0 Å². The van der Waals surface area contributed by atoms with Crippen molar-refractivity contribution in [3.05, 3.63) is 16.6 Å². The molecular formula is C12H21N3S. The molecule has 1 aliphatic rings. The Balaban J connectivity index is 1.86. The average Bonchev–Trinajstić information content (AvgIpc) is 2.98. The first-order valence-electron chi connectivity index (χ1n) is 6.09. The quantitative estimate of drug-likeness (QED) is 0.829. The van der Waals surface area contributed by atoms with Crippen LogP contribution in [0.15, 0.2) is 11.6 Å². The highest BCUT2D eigenvalue weighted by molar-refractivity contribution is 7.09. The van der Waals surface area contributed by atoms with Crippen molar-refractivity contribution in [1.29, 1.82) is 0 Å². The second-order valence-corrected chi connectivity index (χ2v) is 5.81. The lowest BCUT2D eigenvalue weighted by molar-refractivity contribution is 0.279. The van der Waals surface area contributed by atoms with Crippen LogP contribution in [-0.2, 0) is 0 Å². The molecule has 16 heavy (non-hydrogen) atoms. The van der Waals surface area contributed by atoms with Gasteiger partial charge in [0.05, 0.1) is 6.04 Å². The summed E-state index contributed by atoms with van der Waals surface area (Å²) in [5.74, 6) is 0. The van der Waals surface area contributed by atoms with Gasteiger partial charge in [0.2, 0.25) is 0 Å². The fourth-order valence-corrected chi connectivity index (χ4v) is 3.15. The van der Waals surface area contributed by atoms with E-state index in [1.165, 1.54) is 30.7 Å². The Morgan fingerprint density at radius 2 is 2.31 bits per heavy atom. The van der Waals surface area contributed by atoms with Crippen molar-refractivity contribution in [1.82, 2.24) is 10.3 Å². The van der Waals surface area contributed by atoms with Crippen molar-refractivity contribution in [3.63, 3.8) is 0 Å². The van der Waals surface area contributed by atoms with Crippen LogP contribution in [0.1, 0.15) is 43.7 Å². The van der Waals surface area contributed by atoms with Gasteiger partial charge in [0.15, 0.2) is 0 Å². The molecule has 0 bridgehead atoms. The molecule has 3 N–H and O–H groups in total. The van der Waals surface area contributed by atoms with E-state index >= 15 is 0 Å². The van der Waals surface area contributed by atoms with Crippen LogP contribution >= 0.6 is 11.3 Å². The molecule has 0 radical (unpaired) electrons. The summed E-state index contributed by atoms with van der Waals surface area (Å²) in [5, 5.41) is 6.79. The first-order valence-corrected chi connectivity index (χ1v) is 6.97. The van der Waals surface area contributed by atoms with Gasteiger partial charge < -0.3 is 11.1 Å². The van der Waals surface area contributed by atoms with Crippen LogP contribution in [0.5, 0.6) is 0 Å². The zero-order valence-corrected chi connectivity index (χ0v) is 10.7. The molecule has 0 aromatic carbocycles. The predicted octanol–water partition coefficient (Wildman–Crippen LogP) is 2.31. The Labute approximate surface area is 101 Å². The summed E-state index contributed by atoms with van der Waals surface area (Å²) in [4.78, 5) is 4.33. The van der Waals surface area contributed by atoms with Crippen LogP contribution in [-0.4, -0.2) is 18.1 Å². The Morgan fingerprint density at radius 1 is 1.56 bits per heavy atom. The summed E-state index contributed by atoms with van der Waals surface area (Å²) in [5.41, 5.74) is 6.27. The van der Waals surface area contributed by atoms with Gasteiger partial charge in [0.1, 0.15) is 5.01 Å². The molecule has 1 unspecified atom stereocenters. The van der Waals surface area contributed by atoms with E-state index in [9.17, 15) is 0 Å². The first kappa shape index (κ1) is 12.0.